The number of sulfonamides is 1. The number of benzene rings is 1. The molecule has 0 radical (unpaired) electrons. The van der Waals surface area contributed by atoms with Gasteiger partial charge in [0.2, 0.25) is 15.9 Å². The van der Waals surface area contributed by atoms with E-state index < -0.39 is 10.0 Å². The van der Waals surface area contributed by atoms with Gasteiger partial charge in [0, 0.05) is 25.2 Å². The second-order valence-corrected chi connectivity index (χ2v) is 8.00. The van der Waals surface area contributed by atoms with Gasteiger partial charge in [-0.3, -0.25) is 4.79 Å². The van der Waals surface area contributed by atoms with Crippen LogP contribution in [-0.4, -0.2) is 44.9 Å². The Morgan fingerprint density at radius 3 is 2.79 bits per heavy atom. The standard InChI is InChI=1S/C17H22N2O4S/c20-17(12-14-4-1-2-5-14)18-15-6-3-7-16(13-15)24(21,22)19-8-10-23-11-9-19/h1,3-4,6-7,13-14H,2,5,8-12H2,(H,18,20)/t14-/m1/s1. The summed E-state index contributed by atoms with van der Waals surface area (Å²) in [5.41, 5.74) is 0.510. The Hall–Kier alpha value is -1.70. The van der Waals surface area contributed by atoms with Crippen molar-refractivity contribution >= 4 is 21.6 Å². The summed E-state index contributed by atoms with van der Waals surface area (Å²) in [7, 11) is -3.55. The smallest absolute Gasteiger partial charge is 0.243 e. The number of anilines is 1. The molecule has 1 aromatic rings. The molecule has 1 aromatic carbocycles. The van der Waals surface area contributed by atoms with E-state index in [4.69, 9.17) is 4.74 Å². The van der Waals surface area contributed by atoms with Crippen LogP contribution in [0.15, 0.2) is 41.3 Å². The third-order valence-electron chi connectivity index (χ3n) is 4.29. The van der Waals surface area contributed by atoms with Crippen LogP contribution < -0.4 is 5.32 Å². The van der Waals surface area contributed by atoms with Crippen LogP contribution in [0.1, 0.15) is 19.3 Å². The quantitative estimate of drug-likeness (QED) is 0.824. The molecule has 130 valence electrons. The fourth-order valence-corrected chi connectivity index (χ4v) is 4.44. The molecule has 0 unspecified atom stereocenters. The molecule has 0 aromatic heterocycles. The third-order valence-corrected chi connectivity index (χ3v) is 6.18. The van der Waals surface area contributed by atoms with Gasteiger partial charge in [0.15, 0.2) is 0 Å². The number of carbonyl (C=O) groups is 1. The zero-order valence-electron chi connectivity index (χ0n) is 13.5. The zero-order valence-corrected chi connectivity index (χ0v) is 14.3. The average Bonchev–Trinajstić information content (AvgIpc) is 3.08. The van der Waals surface area contributed by atoms with E-state index in [0.29, 0.717) is 38.4 Å². The predicted molar refractivity (Wildman–Crippen MR) is 91.1 cm³/mol. The molecule has 1 heterocycles. The van der Waals surface area contributed by atoms with Crippen LogP contribution in [0.2, 0.25) is 0 Å². The summed E-state index contributed by atoms with van der Waals surface area (Å²) in [4.78, 5) is 12.3. The zero-order chi connectivity index (χ0) is 17.0. The maximum atomic E-state index is 12.7. The molecule has 1 N–H and O–H groups in total. The minimum atomic E-state index is -3.55. The van der Waals surface area contributed by atoms with Crippen molar-refractivity contribution in [2.45, 2.75) is 24.2 Å². The van der Waals surface area contributed by atoms with Crippen molar-refractivity contribution in [3.05, 3.63) is 36.4 Å². The Labute approximate surface area is 142 Å². The molecule has 0 spiro atoms. The monoisotopic (exact) mass is 350 g/mol. The summed E-state index contributed by atoms with van der Waals surface area (Å²) in [5, 5.41) is 2.80. The van der Waals surface area contributed by atoms with E-state index in [1.54, 1.807) is 18.2 Å². The van der Waals surface area contributed by atoms with Gasteiger partial charge < -0.3 is 10.1 Å². The molecular weight excluding hydrogens is 328 g/mol. The van der Waals surface area contributed by atoms with Crippen LogP contribution in [0.5, 0.6) is 0 Å². The number of morpholine rings is 1. The molecule has 2 aliphatic rings. The average molecular weight is 350 g/mol. The Morgan fingerprint density at radius 1 is 1.29 bits per heavy atom. The number of nitrogens with one attached hydrogen (secondary N) is 1. The third kappa shape index (κ3) is 4.03. The molecule has 24 heavy (non-hydrogen) atoms. The second-order valence-electron chi connectivity index (χ2n) is 6.06. The minimum Gasteiger partial charge on any atom is -0.379 e. The maximum absolute atomic E-state index is 12.7. The number of ether oxygens (including phenoxy) is 1. The van der Waals surface area contributed by atoms with Gasteiger partial charge >= 0.3 is 0 Å². The van der Waals surface area contributed by atoms with Gasteiger partial charge in [0.25, 0.3) is 0 Å². The van der Waals surface area contributed by atoms with E-state index in [1.165, 1.54) is 10.4 Å². The van der Waals surface area contributed by atoms with Crippen molar-refractivity contribution in [2.75, 3.05) is 31.6 Å². The van der Waals surface area contributed by atoms with Crippen LogP contribution in [0, 0.1) is 5.92 Å². The van der Waals surface area contributed by atoms with Crippen molar-refractivity contribution < 1.29 is 17.9 Å². The SMILES string of the molecule is O=C(C[C@@H]1C=CCC1)Nc1cccc(S(=O)(=O)N2CCOCC2)c1. The summed E-state index contributed by atoms with van der Waals surface area (Å²) in [6.07, 6.45) is 6.60. The lowest BCUT2D eigenvalue weighted by Gasteiger charge is -2.26. The molecule has 6 nitrogen and oxygen atoms in total. The molecule has 3 rings (SSSR count). The maximum Gasteiger partial charge on any atom is 0.243 e. The molecule has 1 aliphatic carbocycles. The Balaban J connectivity index is 1.69. The number of carbonyl (C=O) groups excluding carboxylic acids is 1. The summed E-state index contributed by atoms with van der Waals surface area (Å²) in [6, 6.07) is 6.44. The molecule has 1 atom stereocenters. The number of allylic oxidation sites excluding steroid dienone is 2. The van der Waals surface area contributed by atoms with Gasteiger partial charge in [-0.25, -0.2) is 8.42 Å². The first-order valence-corrected chi connectivity index (χ1v) is 9.64. The lowest BCUT2D eigenvalue weighted by molar-refractivity contribution is -0.116. The highest BCUT2D eigenvalue weighted by Crippen LogP contribution is 2.23. The molecule has 0 bridgehead atoms. The van der Waals surface area contributed by atoms with E-state index in [2.05, 4.69) is 17.5 Å². The van der Waals surface area contributed by atoms with Crippen LogP contribution in [0.3, 0.4) is 0 Å². The molecule has 0 saturated carbocycles. The van der Waals surface area contributed by atoms with E-state index in [0.717, 1.165) is 12.8 Å². The van der Waals surface area contributed by atoms with Crippen molar-refractivity contribution in [2.24, 2.45) is 5.92 Å². The Morgan fingerprint density at radius 2 is 2.08 bits per heavy atom. The summed E-state index contributed by atoms with van der Waals surface area (Å²) >= 11 is 0. The summed E-state index contributed by atoms with van der Waals surface area (Å²) in [6.45, 7) is 1.52. The molecule has 1 saturated heterocycles. The summed E-state index contributed by atoms with van der Waals surface area (Å²) < 4.78 is 31.9. The van der Waals surface area contributed by atoms with Crippen LogP contribution in [0.4, 0.5) is 5.69 Å². The number of hydrogen-bond acceptors (Lipinski definition) is 4. The lowest BCUT2D eigenvalue weighted by Crippen LogP contribution is -2.40. The van der Waals surface area contributed by atoms with E-state index in [9.17, 15) is 13.2 Å². The molecule has 7 heteroatoms. The van der Waals surface area contributed by atoms with Gasteiger partial charge in [-0.15, -0.1) is 0 Å². The lowest BCUT2D eigenvalue weighted by atomic mass is 10.1. The second kappa shape index (κ2) is 7.46. The largest absolute Gasteiger partial charge is 0.379 e. The van der Waals surface area contributed by atoms with Crippen molar-refractivity contribution in [3.8, 4) is 0 Å². The van der Waals surface area contributed by atoms with E-state index >= 15 is 0 Å². The number of rotatable bonds is 5. The van der Waals surface area contributed by atoms with Gasteiger partial charge in [0.1, 0.15) is 0 Å². The number of hydrogen-bond donors (Lipinski definition) is 1. The Kier molecular flexibility index (Phi) is 5.33. The van der Waals surface area contributed by atoms with Crippen LogP contribution in [0.25, 0.3) is 0 Å². The molecule has 1 aliphatic heterocycles. The first-order valence-electron chi connectivity index (χ1n) is 8.20. The van der Waals surface area contributed by atoms with Gasteiger partial charge in [-0.05, 0) is 37.0 Å². The van der Waals surface area contributed by atoms with E-state index in [1.807, 2.05) is 0 Å². The topological polar surface area (TPSA) is 75.7 Å². The van der Waals surface area contributed by atoms with Crippen molar-refractivity contribution in [3.63, 3.8) is 0 Å². The highest BCUT2D eigenvalue weighted by atomic mass is 32.2. The molecule has 1 amide bonds. The fourth-order valence-electron chi connectivity index (χ4n) is 2.99. The highest BCUT2D eigenvalue weighted by molar-refractivity contribution is 7.89. The van der Waals surface area contributed by atoms with Crippen LogP contribution in [-0.2, 0) is 19.6 Å². The van der Waals surface area contributed by atoms with Gasteiger partial charge in [-0.1, -0.05) is 18.2 Å². The minimum absolute atomic E-state index is 0.0903. The van der Waals surface area contributed by atoms with Gasteiger partial charge in [-0.2, -0.15) is 4.31 Å². The van der Waals surface area contributed by atoms with E-state index in [-0.39, 0.29) is 16.7 Å². The Bertz CT molecular complexity index is 724. The van der Waals surface area contributed by atoms with Crippen molar-refractivity contribution in [1.29, 1.82) is 0 Å². The first kappa shape index (κ1) is 17.1. The first-order chi connectivity index (χ1) is 11.6. The summed E-state index contributed by atoms with van der Waals surface area (Å²) in [5.74, 6) is 0.192. The highest BCUT2D eigenvalue weighted by Gasteiger charge is 2.26. The normalized spacial score (nSPS) is 21.8. The molecule has 1 fully saturated rings. The molecular formula is C17H22N2O4S. The number of nitrogens with zero attached hydrogens (tertiary/aromatic N) is 1. The van der Waals surface area contributed by atoms with Crippen LogP contribution >= 0.6 is 0 Å². The van der Waals surface area contributed by atoms with Crippen molar-refractivity contribution in [1.82, 2.24) is 4.31 Å². The predicted octanol–water partition coefficient (Wildman–Crippen LogP) is 2.00. The number of amides is 1. The fraction of sp³-hybridized carbons (Fsp3) is 0.471. The van der Waals surface area contributed by atoms with Gasteiger partial charge in [0.05, 0.1) is 18.1 Å².